The number of benzene rings is 1. The number of carbonyl (C=O) groups excluding carboxylic acids is 1. The van der Waals surface area contributed by atoms with E-state index in [4.69, 9.17) is 9.84 Å². The first kappa shape index (κ1) is 16.7. The van der Waals surface area contributed by atoms with E-state index in [9.17, 15) is 4.79 Å². The van der Waals surface area contributed by atoms with Crippen LogP contribution in [0.15, 0.2) is 24.3 Å². The maximum Gasteiger partial charge on any atom is 0.251 e. The van der Waals surface area contributed by atoms with E-state index in [1.54, 1.807) is 6.92 Å². The molecule has 0 saturated heterocycles. The first-order chi connectivity index (χ1) is 9.49. The molecule has 112 valence electrons. The Morgan fingerprint density at radius 2 is 1.90 bits per heavy atom. The quantitative estimate of drug-likeness (QED) is 0.719. The van der Waals surface area contributed by atoms with Gasteiger partial charge in [0.05, 0.1) is 18.8 Å². The zero-order chi connectivity index (χ0) is 15.0. The minimum Gasteiger partial charge on any atom is -0.393 e. The van der Waals surface area contributed by atoms with Crippen molar-refractivity contribution in [3.63, 3.8) is 0 Å². The maximum absolute atomic E-state index is 11.9. The predicted octanol–water partition coefficient (Wildman–Crippen LogP) is 2.50. The Labute approximate surface area is 121 Å². The lowest BCUT2D eigenvalue weighted by molar-refractivity contribution is 0.0657. The van der Waals surface area contributed by atoms with Crippen molar-refractivity contribution in [1.29, 1.82) is 0 Å². The molecule has 2 N–H and O–H groups in total. The molecule has 0 fully saturated rings. The van der Waals surface area contributed by atoms with Crippen molar-refractivity contribution < 1.29 is 14.6 Å². The standard InChI is InChI=1S/C16H25NO3/c1-12(2)20-11-14-6-8-15(9-7-14)16(19)17-10-4-5-13(3)18/h6-9,12-13,18H,4-5,10-11H2,1-3H3,(H,17,19). The molecule has 1 atom stereocenters. The highest BCUT2D eigenvalue weighted by molar-refractivity contribution is 5.94. The number of aliphatic hydroxyl groups excluding tert-OH is 1. The average Bonchev–Trinajstić information content (AvgIpc) is 2.41. The van der Waals surface area contributed by atoms with E-state index < -0.39 is 0 Å². The van der Waals surface area contributed by atoms with Gasteiger partial charge in [0.25, 0.3) is 5.91 Å². The zero-order valence-electron chi connectivity index (χ0n) is 12.6. The highest BCUT2D eigenvalue weighted by Crippen LogP contribution is 2.07. The van der Waals surface area contributed by atoms with E-state index in [1.807, 2.05) is 38.1 Å². The Morgan fingerprint density at radius 3 is 2.45 bits per heavy atom. The molecule has 0 aliphatic heterocycles. The van der Waals surface area contributed by atoms with Crippen LogP contribution in [0.5, 0.6) is 0 Å². The third kappa shape index (κ3) is 6.68. The van der Waals surface area contributed by atoms with Crippen molar-refractivity contribution in [2.75, 3.05) is 6.54 Å². The van der Waals surface area contributed by atoms with Gasteiger partial charge in [0, 0.05) is 12.1 Å². The molecular weight excluding hydrogens is 254 g/mol. The van der Waals surface area contributed by atoms with E-state index in [2.05, 4.69) is 5.32 Å². The number of nitrogens with one attached hydrogen (secondary N) is 1. The topological polar surface area (TPSA) is 58.6 Å². The molecule has 0 aliphatic carbocycles. The van der Waals surface area contributed by atoms with Gasteiger partial charge in [-0.15, -0.1) is 0 Å². The lowest BCUT2D eigenvalue weighted by atomic mass is 10.1. The molecule has 0 radical (unpaired) electrons. The second kappa shape index (κ2) is 8.72. The van der Waals surface area contributed by atoms with Crippen molar-refractivity contribution in [2.24, 2.45) is 0 Å². The second-order valence-corrected chi connectivity index (χ2v) is 5.30. The lowest BCUT2D eigenvalue weighted by Crippen LogP contribution is -2.25. The minimum absolute atomic E-state index is 0.0769. The van der Waals surface area contributed by atoms with Crippen molar-refractivity contribution in [3.8, 4) is 0 Å². The van der Waals surface area contributed by atoms with Crippen LogP contribution in [0.2, 0.25) is 0 Å². The molecule has 20 heavy (non-hydrogen) atoms. The third-order valence-electron chi connectivity index (χ3n) is 2.88. The van der Waals surface area contributed by atoms with Gasteiger partial charge >= 0.3 is 0 Å². The van der Waals surface area contributed by atoms with Gasteiger partial charge in [0.15, 0.2) is 0 Å². The monoisotopic (exact) mass is 279 g/mol. The number of rotatable bonds is 8. The van der Waals surface area contributed by atoms with Gasteiger partial charge in [-0.1, -0.05) is 12.1 Å². The number of carbonyl (C=O) groups is 1. The summed E-state index contributed by atoms with van der Waals surface area (Å²) < 4.78 is 5.51. The summed E-state index contributed by atoms with van der Waals surface area (Å²) >= 11 is 0. The minimum atomic E-state index is -0.313. The van der Waals surface area contributed by atoms with Crippen LogP contribution in [0.3, 0.4) is 0 Å². The van der Waals surface area contributed by atoms with Crippen LogP contribution in [0.4, 0.5) is 0 Å². The first-order valence-electron chi connectivity index (χ1n) is 7.16. The van der Waals surface area contributed by atoms with Crippen molar-refractivity contribution in [2.45, 2.75) is 52.4 Å². The van der Waals surface area contributed by atoms with Crippen molar-refractivity contribution in [1.82, 2.24) is 5.32 Å². The van der Waals surface area contributed by atoms with Crippen LogP contribution in [0, 0.1) is 0 Å². The normalized spacial score (nSPS) is 12.4. The van der Waals surface area contributed by atoms with Gasteiger partial charge in [0.2, 0.25) is 0 Å². The predicted molar refractivity (Wildman–Crippen MR) is 79.6 cm³/mol. The fourth-order valence-electron chi connectivity index (χ4n) is 1.72. The molecule has 0 bridgehead atoms. The molecular formula is C16H25NO3. The van der Waals surface area contributed by atoms with E-state index in [0.717, 1.165) is 12.0 Å². The summed E-state index contributed by atoms with van der Waals surface area (Å²) in [6, 6.07) is 7.44. The number of amides is 1. The summed E-state index contributed by atoms with van der Waals surface area (Å²) in [4.78, 5) is 11.9. The van der Waals surface area contributed by atoms with Crippen LogP contribution >= 0.6 is 0 Å². The summed E-state index contributed by atoms with van der Waals surface area (Å²) in [5, 5.41) is 12.0. The van der Waals surface area contributed by atoms with E-state index in [-0.39, 0.29) is 18.1 Å². The maximum atomic E-state index is 11.9. The first-order valence-corrected chi connectivity index (χ1v) is 7.16. The Balaban J connectivity index is 2.37. The molecule has 4 nitrogen and oxygen atoms in total. The Bertz CT molecular complexity index is 399. The molecule has 0 saturated carbocycles. The Morgan fingerprint density at radius 1 is 1.25 bits per heavy atom. The molecule has 1 aromatic rings. The SMILES string of the molecule is CC(O)CCCNC(=O)c1ccc(COC(C)C)cc1. The number of hydrogen-bond donors (Lipinski definition) is 2. The summed E-state index contributed by atoms with van der Waals surface area (Å²) in [7, 11) is 0. The van der Waals surface area contributed by atoms with Gasteiger partial charge in [-0.05, 0) is 51.3 Å². The van der Waals surface area contributed by atoms with Gasteiger partial charge < -0.3 is 15.2 Å². The average molecular weight is 279 g/mol. The van der Waals surface area contributed by atoms with Gasteiger partial charge in [-0.2, -0.15) is 0 Å². The third-order valence-corrected chi connectivity index (χ3v) is 2.88. The molecule has 0 heterocycles. The second-order valence-electron chi connectivity index (χ2n) is 5.30. The molecule has 0 aromatic heterocycles. The zero-order valence-corrected chi connectivity index (χ0v) is 12.6. The van der Waals surface area contributed by atoms with Gasteiger partial charge in [-0.25, -0.2) is 0 Å². The van der Waals surface area contributed by atoms with Crippen LogP contribution in [0.1, 0.15) is 49.5 Å². The summed E-state index contributed by atoms with van der Waals surface area (Å²) in [5.41, 5.74) is 1.71. The van der Waals surface area contributed by atoms with Crippen molar-refractivity contribution in [3.05, 3.63) is 35.4 Å². The summed E-state index contributed by atoms with van der Waals surface area (Å²) in [5.74, 6) is -0.0769. The van der Waals surface area contributed by atoms with Crippen LogP contribution in [-0.4, -0.2) is 29.8 Å². The summed E-state index contributed by atoms with van der Waals surface area (Å²) in [6.45, 7) is 6.89. The molecule has 1 unspecified atom stereocenters. The van der Waals surface area contributed by atoms with Crippen LogP contribution in [0.25, 0.3) is 0 Å². The molecule has 1 rings (SSSR count). The van der Waals surface area contributed by atoms with E-state index >= 15 is 0 Å². The highest BCUT2D eigenvalue weighted by atomic mass is 16.5. The molecule has 0 spiro atoms. The Hall–Kier alpha value is -1.39. The molecule has 1 amide bonds. The van der Waals surface area contributed by atoms with Gasteiger partial charge in [0.1, 0.15) is 0 Å². The van der Waals surface area contributed by atoms with Crippen LogP contribution < -0.4 is 5.32 Å². The van der Waals surface area contributed by atoms with Gasteiger partial charge in [-0.3, -0.25) is 4.79 Å². The van der Waals surface area contributed by atoms with E-state index in [0.29, 0.717) is 25.1 Å². The molecule has 0 aliphatic rings. The fourth-order valence-corrected chi connectivity index (χ4v) is 1.72. The number of ether oxygens (including phenoxy) is 1. The number of aliphatic hydroxyl groups is 1. The van der Waals surface area contributed by atoms with Crippen LogP contribution in [-0.2, 0) is 11.3 Å². The number of hydrogen-bond acceptors (Lipinski definition) is 3. The smallest absolute Gasteiger partial charge is 0.251 e. The summed E-state index contributed by atoms with van der Waals surface area (Å²) in [6.07, 6.45) is 1.37. The molecule has 4 heteroatoms. The molecule has 1 aromatic carbocycles. The Kier molecular flexibility index (Phi) is 7.26. The largest absolute Gasteiger partial charge is 0.393 e. The van der Waals surface area contributed by atoms with E-state index in [1.165, 1.54) is 0 Å². The van der Waals surface area contributed by atoms with Crippen molar-refractivity contribution >= 4 is 5.91 Å². The highest BCUT2D eigenvalue weighted by Gasteiger charge is 2.05. The fraction of sp³-hybridized carbons (Fsp3) is 0.562. The lowest BCUT2D eigenvalue weighted by Gasteiger charge is -2.09.